The van der Waals surface area contributed by atoms with Gasteiger partial charge in [0.2, 0.25) is 0 Å². The van der Waals surface area contributed by atoms with Crippen LogP contribution in [0.1, 0.15) is 18.1 Å². The number of anilines is 2. The number of nitriles is 1. The third-order valence-corrected chi connectivity index (χ3v) is 3.81. The number of amides is 1. The molecule has 6 nitrogen and oxygen atoms in total. The topological polar surface area (TPSA) is 74.6 Å². The quantitative estimate of drug-likeness (QED) is 0.749. The van der Waals surface area contributed by atoms with E-state index in [-0.39, 0.29) is 11.4 Å². The largest absolute Gasteiger partial charge is 0.490 e. The number of carbonyl (C=O) groups excluding carboxylic acids is 1. The number of alkyl halides is 3. The number of benzene rings is 2. The van der Waals surface area contributed by atoms with E-state index in [9.17, 15) is 18.0 Å². The van der Waals surface area contributed by atoms with Crippen molar-refractivity contribution in [3.8, 4) is 17.6 Å². The molecule has 0 aliphatic rings. The van der Waals surface area contributed by atoms with Gasteiger partial charge in [-0.3, -0.25) is 4.79 Å². The van der Waals surface area contributed by atoms with Crippen LogP contribution >= 0.6 is 0 Å². The summed E-state index contributed by atoms with van der Waals surface area (Å²) in [4.78, 5) is 13.9. The van der Waals surface area contributed by atoms with Crippen molar-refractivity contribution < 1.29 is 27.4 Å². The van der Waals surface area contributed by atoms with E-state index in [2.05, 4.69) is 5.32 Å². The Hall–Kier alpha value is -3.41. The predicted octanol–water partition coefficient (Wildman–Crippen LogP) is 4.06. The number of hydrogen-bond acceptors (Lipinski definition) is 5. The second-order valence-corrected chi connectivity index (χ2v) is 6.17. The molecule has 154 valence electrons. The van der Waals surface area contributed by atoms with Crippen molar-refractivity contribution in [1.29, 1.82) is 5.26 Å². The second kappa shape index (κ2) is 9.19. The summed E-state index contributed by atoms with van der Waals surface area (Å²) >= 11 is 0. The monoisotopic (exact) mass is 407 g/mol. The lowest BCUT2D eigenvalue weighted by Gasteiger charge is -2.20. The molecule has 0 saturated heterocycles. The normalized spacial score (nSPS) is 10.8. The van der Waals surface area contributed by atoms with E-state index in [1.165, 1.54) is 24.3 Å². The molecule has 0 spiro atoms. The van der Waals surface area contributed by atoms with Crippen molar-refractivity contribution in [3.05, 3.63) is 47.5 Å². The van der Waals surface area contributed by atoms with Crippen molar-refractivity contribution >= 4 is 17.3 Å². The van der Waals surface area contributed by atoms with Crippen LogP contribution in [0, 0.1) is 11.3 Å². The van der Waals surface area contributed by atoms with Crippen LogP contribution in [0.2, 0.25) is 0 Å². The third kappa shape index (κ3) is 5.78. The highest BCUT2D eigenvalue weighted by molar-refractivity contribution is 5.95. The molecule has 0 radical (unpaired) electrons. The van der Waals surface area contributed by atoms with Gasteiger partial charge in [0.15, 0.2) is 18.1 Å². The van der Waals surface area contributed by atoms with Crippen LogP contribution in [0.5, 0.6) is 11.5 Å². The molecule has 0 fully saturated rings. The summed E-state index contributed by atoms with van der Waals surface area (Å²) in [5.41, 5.74) is -0.0714. The number of hydrogen-bond donors (Lipinski definition) is 1. The Morgan fingerprint density at radius 3 is 2.45 bits per heavy atom. The molecule has 2 aromatic rings. The number of rotatable bonds is 7. The molecule has 2 aromatic carbocycles. The van der Waals surface area contributed by atoms with Crippen LogP contribution in [0.3, 0.4) is 0 Å². The molecule has 29 heavy (non-hydrogen) atoms. The van der Waals surface area contributed by atoms with E-state index >= 15 is 0 Å². The lowest BCUT2D eigenvalue weighted by atomic mass is 10.1. The Balaban J connectivity index is 2.16. The van der Waals surface area contributed by atoms with E-state index in [0.29, 0.717) is 23.6 Å². The molecule has 0 aliphatic carbocycles. The van der Waals surface area contributed by atoms with Gasteiger partial charge in [-0.15, -0.1) is 0 Å². The fraction of sp³-hybridized carbons (Fsp3) is 0.300. The zero-order valence-corrected chi connectivity index (χ0v) is 16.1. The Morgan fingerprint density at radius 2 is 1.86 bits per heavy atom. The van der Waals surface area contributed by atoms with Gasteiger partial charge in [-0.1, -0.05) is 0 Å². The summed E-state index contributed by atoms with van der Waals surface area (Å²) < 4.78 is 49.8. The minimum Gasteiger partial charge on any atom is -0.490 e. The van der Waals surface area contributed by atoms with Crippen LogP contribution in [-0.2, 0) is 11.0 Å². The summed E-state index contributed by atoms with van der Waals surface area (Å²) in [5.74, 6) is -0.0930. The van der Waals surface area contributed by atoms with Crippen LogP contribution in [0.15, 0.2) is 36.4 Å². The standard InChI is InChI=1S/C20H20F3N3O3/c1-4-28-18-9-13(11-24)5-8-17(18)29-12-19(27)25-15-10-14(20(21,22)23)6-7-16(15)26(2)3/h5-10H,4,12H2,1-3H3,(H,25,27). The highest BCUT2D eigenvalue weighted by atomic mass is 19.4. The maximum Gasteiger partial charge on any atom is 0.416 e. The van der Waals surface area contributed by atoms with Crippen molar-refractivity contribution in [3.63, 3.8) is 0 Å². The molecule has 0 aromatic heterocycles. The molecule has 1 N–H and O–H groups in total. The fourth-order valence-electron chi connectivity index (χ4n) is 2.50. The first-order valence-corrected chi connectivity index (χ1v) is 8.64. The van der Waals surface area contributed by atoms with Gasteiger partial charge in [0, 0.05) is 20.2 Å². The Labute approximate surface area is 166 Å². The first-order valence-electron chi connectivity index (χ1n) is 8.64. The van der Waals surface area contributed by atoms with Crippen LogP contribution < -0.4 is 19.7 Å². The minimum absolute atomic E-state index is 0.0169. The van der Waals surface area contributed by atoms with E-state index in [1.807, 2.05) is 6.07 Å². The van der Waals surface area contributed by atoms with Crippen LogP contribution in [-0.4, -0.2) is 33.2 Å². The van der Waals surface area contributed by atoms with Crippen molar-refractivity contribution in [2.75, 3.05) is 37.5 Å². The Morgan fingerprint density at radius 1 is 1.14 bits per heavy atom. The van der Waals surface area contributed by atoms with Crippen molar-refractivity contribution in [2.45, 2.75) is 13.1 Å². The minimum atomic E-state index is -4.53. The molecule has 0 saturated carbocycles. The molecule has 0 unspecified atom stereocenters. The summed E-state index contributed by atoms with van der Waals surface area (Å²) in [6.45, 7) is 1.63. The van der Waals surface area contributed by atoms with Gasteiger partial charge in [0.05, 0.1) is 35.2 Å². The van der Waals surface area contributed by atoms with E-state index in [4.69, 9.17) is 14.7 Å². The number of carbonyl (C=O) groups is 1. The lowest BCUT2D eigenvalue weighted by molar-refractivity contribution is -0.137. The van der Waals surface area contributed by atoms with E-state index < -0.39 is 24.3 Å². The highest BCUT2D eigenvalue weighted by Crippen LogP contribution is 2.35. The van der Waals surface area contributed by atoms with Gasteiger partial charge in [-0.05, 0) is 37.3 Å². The van der Waals surface area contributed by atoms with E-state index in [1.54, 1.807) is 25.9 Å². The first-order chi connectivity index (χ1) is 13.7. The van der Waals surface area contributed by atoms with Gasteiger partial charge in [0.1, 0.15) is 0 Å². The summed E-state index contributed by atoms with van der Waals surface area (Å²) in [6.07, 6.45) is -4.53. The Bertz CT molecular complexity index is 921. The molecule has 2 rings (SSSR count). The molecule has 9 heteroatoms. The summed E-state index contributed by atoms with van der Waals surface area (Å²) in [5, 5.41) is 11.4. The highest BCUT2D eigenvalue weighted by Gasteiger charge is 2.31. The fourth-order valence-corrected chi connectivity index (χ4v) is 2.50. The maximum atomic E-state index is 13.0. The van der Waals surface area contributed by atoms with Gasteiger partial charge >= 0.3 is 6.18 Å². The Kier molecular flexibility index (Phi) is 6.93. The smallest absolute Gasteiger partial charge is 0.416 e. The molecule has 0 heterocycles. The van der Waals surface area contributed by atoms with Gasteiger partial charge in [-0.25, -0.2) is 0 Å². The average molecular weight is 407 g/mol. The van der Waals surface area contributed by atoms with Crippen molar-refractivity contribution in [2.24, 2.45) is 0 Å². The molecule has 0 aliphatic heterocycles. The van der Waals surface area contributed by atoms with Gasteiger partial charge in [-0.2, -0.15) is 18.4 Å². The molecular weight excluding hydrogens is 387 g/mol. The van der Waals surface area contributed by atoms with Gasteiger partial charge in [0.25, 0.3) is 5.91 Å². The predicted molar refractivity (Wildman–Crippen MR) is 102 cm³/mol. The lowest BCUT2D eigenvalue weighted by Crippen LogP contribution is -2.23. The van der Waals surface area contributed by atoms with Crippen molar-refractivity contribution in [1.82, 2.24) is 0 Å². The zero-order valence-electron chi connectivity index (χ0n) is 16.1. The SMILES string of the molecule is CCOc1cc(C#N)ccc1OCC(=O)Nc1cc(C(F)(F)F)ccc1N(C)C. The number of ether oxygens (including phenoxy) is 2. The first kappa shape index (κ1) is 21.9. The number of nitrogens with one attached hydrogen (secondary N) is 1. The zero-order chi connectivity index (χ0) is 21.6. The molecule has 1 amide bonds. The average Bonchev–Trinajstić information content (AvgIpc) is 2.66. The molecule has 0 atom stereocenters. The summed E-state index contributed by atoms with van der Waals surface area (Å²) in [7, 11) is 3.31. The molecular formula is C20H20F3N3O3. The summed E-state index contributed by atoms with van der Waals surface area (Å²) in [6, 6.07) is 9.56. The number of nitrogens with zero attached hydrogens (tertiary/aromatic N) is 2. The van der Waals surface area contributed by atoms with Crippen LogP contribution in [0.4, 0.5) is 24.5 Å². The van der Waals surface area contributed by atoms with Gasteiger partial charge < -0.3 is 19.7 Å². The second-order valence-electron chi connectivity index (χ2n) is 6.17. The van der Waals surface area contributed by atoms with E-state index in [0.717, 1.165) is 12.1 Å². The van der Waals surface area contributed by atoms with Crippen LogP contribution in [0.25, 0.3) is 0 Å². The number of halogens is 3. The molecule has 0 bridgehead atoms. The third-order valence-electron chi connectivity index (χ3n) is 3.81. The maximum absolute atomic E-state index is 13.0.